The number of hydrogen-bond donors (Lipinski definition) is 3. The Morgan fingerprint density at radius 1 is 0.873 bits per heavy atom. The summed E-state index contributed by atoms with van der Waals surface area (Å²) < 4.78 is 57.2. The lowest BCUT2D eigenvalue weighted by Gasteiger charge is -2.36. The van der Waals surface area contributed by atoms with Gasteiger partial charge in [0.1, 0.15) is 17.9 Å². The number of carbonyl (C=O) groups is 5. The van der Waals surface area contributed by atoms with Gasteiger partial charge in [-0.2, -0.15) is 4.31 Å². The van der Waals surface area contributed by atoms with Gasteiger partial charge in [0.25, 0.3) is 17.5 Å². The average molecular weight is 1120 g/mol. The number of hydrogen-bond acceptors (Lipinski definition) is 15. The van der Waals surface area contributed by atoms with Gasteiger partial charge in [0, 0.05) is 43.7 Å². The summed E-state index contributed by atoms with van der Waals surface area (Å²) in [4.78, 5) is 78.7. The van der Waals surface area contributed by atoms with E-state index in [1.54, 1.807) is 70.5 Å². The highest BCUT2D eigenvalue weighted by atomic mass is 32.2. The van der Waals surface area contributed by atoms with Gasteiger partial charge in [-0.05, 0) is 123 Å². The molecule has 1 aliphatic heterocycles. The average Bonchev–Trinajstić information content (AvgIpc) is 3.44. The monoisotopic (exact) mass is 1120 g/mol. The molecule has 0 unspecified atom stereocenters. The number of esters is 1. The van der Waals surface area contributed by atoms with Crippen LogP contribution in [-0.4, -0.2) is 129 Å². The largest absolute Gasteiger partial charge is 0.493 e. The predicted molar refractivity (Wildman–Crippen MR) is 295 cm³/mol. The summed E-state index contributed by atoms with van der Waals surface area (Å²) in [6, 6.07) is 24.1. The van der Waals surface area contributed by atoms with Gasteiger partial charge < -0.3 is 44.3 Å². The number of aryl methyl sites for hydroxylation is 1. The Labute approximate surface area is 463 Å². The molecule has 0 saturated carbocycles. The molecule has 20 nitrogen and oxygen atoms in total. The summed E-state index contributed by atoms with van der Waals surface area (Å²) in [5.74, 6) is -0.909. The van der Waals surface area contributed by atoms with Gasteiger partial charge >= 0.3 is 12.1 Å². The van der Waals surface area contributed by atoms with E-state index in [0.717, 1.165) is 39.7 Å². The zero-order valence-corrected chi connectivity index (χ0v) is 47.2. The fourth-order valence-electron chi connectivity index (χ4n) is 8.89. The van der Waals surface area contributed by atoms with Crippen molar-refractivity contribution >= 4 is 45.4 Å². The van der Waals surface area contributed by atoms with Gasteiger partial charge in [-0.15, -0.1) is 0 Å². The summed E-state index contributed by atoms with van der Waals surface area (Å²) in [6.45, 7) is 8.86. The van der Waals surface area contributed by atoms with Crippen LogP contribution in [-0.2, 0) is 51.5 Å². The van der Waals surface area contributed by atoms with Crippen molar-refractivity contribution in [2.24, 2.45) is 11.3 Å². The number of nitro benzene ring substituents is 1. The van der Waals surface area contributed by atoms with Crippen LogP contribution in [0.2, 0.25) is 0 Å². The Kier molecular flexibility index (Phi) is 24.1. The highest BCUT2D eigenvalue weighted by molar-refractivity contribution is 7.89. The summed E-state index contributed by atoms with van der Waals surface area (Å²) in [6.07, 6.45) is 1.72. The quantitative estimate of drug-likeness (QED) is 0.0142. The predicted octanol–water partition coefficient (Wildman–Crippen LogP) is 7.93. The molecule has 1 heterocycles. The van der Waals surface area contributed by atoms with E-state index in [4.69, 9.17) is 23.7 Å². The highest BCUT2D eigenvalue weighted by Crippen LogP contribution is 2.33. The number of nitrogens with one attached hydrogen (secondary N) is 2. The summed E-state index contributed by atoms with van der Waals surface area (Å²) in [5, 5.41) is 28.3. The molecule has 0 bridgehead atoms. The van der Waals surface area contributed by atoms with Crippen LogP contribution in [0, 0.1) is 21.4 Å². The van der Waals surface area contributed by atoms with Gasteiger partial charge in [-0.3, -0.25) is 24.5 Å². The number of alkyl carbamates (subject to hydrolysis) is 1. The minimum atomic E-state index is -4.21. The molecule has 1 fully saturated rings. The van der Waals surface area contributed by atoms with Crippen molar-refractivity contribution in [1.29, 1.82) is 0 Å². The lowest BCUT2D eigenvalue weighted by atomic mass is 9.84. The highest BCUT2D eigenvalue weighted by Gasteiger charge is 2.41. The van der Waals surface area contributed by atoms with Crippen LogP contribution in [0.1, 0.15) is 109 Å². The van der Waals surface area contributed by atoms with Crippen molar-refractivity contribution in [2.45, 2.75) is 128 Å². The number of likely N-dealkylation sites (tertiary alicyclic amines) is 1. The van der Waals surface area contributed by atoms with Crippen molar-refractivity contribution < 1.29 is 66.1 Å². The molecule has 5 rings (SSSR count). The molecule has 0 aliphatic carbocycles. The number of ether oxygens (including phenoxy) is 5. The lowest BCUT2D eigenvalue weighted by Crippen LogP contribution is -2.53. The third kappa shape index (κ3) is 18.8. The van der Waals surface area contributed by atoms with E-state index in [1.165, 1.54) is 4.90 Å². The van der Waals surface area contributed by atoms with Gasteiger partial charge in [0.05, 0.1) is 42.8 Å². The third-order valence-corrected chi connectivity index (χ3v) is 15.7. The van der Waals surface area contributed by atoms with Crippen molar-refractivity contribution in [3.63, 3.8) is 0 Å². The van der Waals surface area contributed by atoms with Gasteiger partial charge in [-0.25, -0.2) is 18.0 Å². The summed E-state index contributed by atoms with van der Waals surface area (Å²) in [7, 11) is -1.11. The maximum absolute atomic E-state index is 14.1. The number of aliphatic hydroxyl groups excluding tert-OH is 1. The molecule has 79 heavy (non-hydrogen) atoms. The molecule has 1 aliphatic rings. The van der Waals surface area contributed by atoms with Gasteiger partial charge in [0.15, 0.2) is 18.1 Å². The number of ketones is 1. The molecular weight excluding hydrogens is 1040 g/mol. The number of sulfonamides is 1. The topological polar surface area (TPSA) is 260 Å². The number of piperidine rings is 1. The number of nitro groups is 1. The first-order valence-electron chi connectivity index (χ1n) is 26.8. The first-order valence-corrected chi connectivity index (χ1v) is 28.3. The number of Topliss-reactive ketones (excluding diaryl/α,β-unsaturated/α-hetero) is 1. The molecule has 3 amide bonds. The number of nitrogens with zero attached hydrogens (tertiary/aromatic N) is 3. The maximum Gasteiger partial charge on any atom is 0.407 e. The number of amides is 3. The van der Waals surface area contributed by atoms with Crippen molar-refractivity contribution in [2.75, 3.05) is 53.6 Å². The van der Waals surface area contributed by atoms with Crippen LogP contribution in [0.4, 0.5) is 10.5 Å². The van der Waals surface area contributed by atoms with Crippen LogP contribution in [0.3, 0.4) is 0 Å². The Morgan fingerprint density at radius 2 is 1.59 bits per heavy atom. The molecule has 4 aromatic carbocycles. The lowest BCUT2D eigenvalue weighted by molar-refractivity contribution is -0.384. The van der Waals surface area contributed by atoms with E-state index in [2.05, 4.69) is 10.6 Å². The van der Waals surface area contributed by atoms with E-state index >= 15 is 0 Å². The molecule has 0 radical (unpaired) electrons. The number of rotatable bonds is 31. The standard InChI is InChI=1S/C58H77N5O15S/c1-8-58(4,5)54(66)55(67)62-32-15-13-22-48(62)56(68)78-50(29-23-42-24-30-51(74-6)52(35-42)75-7)43-20-17-21-45(36-43)77-39-53(65)59-31-14-10-16-33-76-57(69)60-47(34-41-18-11-9-12-19-41)49(64)38-61(37-40(2)3)79(72,73)46-27-25-44(26-28-46)63(70)71/h9,11-12,17-21,24-28,30,35-36,40,47-50,64H,8,10,13-16,22-23,29,31-34,37-39H2,1-7H3,(H,59,65)(H,60,69)/t47-,48-,49+,50+/m0/s1. The molecule has 21 heteroatoms. The second kappa shape index (κ2) is 30.3. The molecule has 3 N–H and O–H groups in total. The van der Waals surface area contributed by atoms with Crippen LogP contribution < -0.4 is 24.8 Å². The molecule has 4 aromatic rings. The zero-order valence-electron chi connectivity index (χ0n) is 46.4. The van der Waals surface area contributed by atoms with E-state index in [9.17, 15) is 47.6 Å². The third-order valence-electron chi connectivity index (χ3n) is 13.8. The van der Waals surface area contributed by atoms with Crippen LogP contribution in [0.5, 0.6) is 17.2 Å². The minimum Gasteiger partial charge on any atom is -0.493 e. The summed E-state index contributed by atoms with van der Waals surface area (Å²) in [5.41, 5.74) is 1.12. The molecule has 0 aromatic heterocycles. The maximum atomic E-state index is 14.1. The number of methoxy groups -OCH3 is 2. The fraction of sp³-hybridized carbons (Fsp3) is 0.500. The van der Waals surface area contributed by atoms with Crippen molar-refractivity contribution in [1.82, 2.24) is 19.8 Å². The van der Waals surface area contributed by atoms with Crippen molar-refractivity contribution in [3.05, 3.63) is 124 Å². The SMILES string of the molecule is CCC(C)(C)C(=O)C(=O)N1CCCC[C@H]1C(=O)O[C@H](CCc1ccc(OC)c(OC)c1)c1cccc(OCC(=O)NCCCCCOC(=O)N[C@@H](Cc2ccccc2)[C@H](O)CN(CC(C)C)S(=O)(=O)c2ccc([N+](=O)[O-])cc2)c1. The van der Waals surface area contributed by atoms with Crippen LogP contribution in [0.15, 0.2) is 102 Å². The smallest absolute Gasteiger partial charge is 0.407 e. The Bertz CT molecular complexity index is 2780. The molecule has 4 atom stereocenters. The molecule has 0 spiro atoms. The molecule has 430 valence electrons. The van der Waals surface area contributed by atoms with E-state index in [1.807, 2.05) is 51.1 Å². The van der Waals surface area contributed by atoms with Crippen LogP contribution in [0.25, 0.3) is 0 Å². The Morgan fingerprint density at radius 3 is 2.27 bits per heavy atom. The number of carbonyl (C=O) groups excluding carboxylic acids is 5. The Balaban J connectivity index is 1.13. The minimum absolute atomic E-state index is 0.0278. The molecule has 1 saturated heterocycles. The first-order chi connectivity index (χ1) is 37.7. The van der Waals surface area contributed by atoms with E-state index in [0.29, 0.717) is 87.1 Å². The van der Waals surface area contributed by atoms with Gasteiger partial charge in [0.2, 0.25) is 15.8 Å². The second-order valence-corrected chi connectivity index (χ2v) is 22.6. The van der Waals surface area contributed by atoms with Crippen LogP contribution >= 0.6 is 0 Å². The van der Waals surface area contributed by atoms with Crippen molar-refractivity contribution in [3.8, 4) is 17.2 Å². The van der Waals surface area contributed by atoms with Gasteiger partial charge in [-0.1, -0.05) is 83.1 Å². The summed E-state index contributed by atoms with van der Waals surface area (Å²) >= 11 is 0. The van der Waals surface area contributed by atoms with E-state index in [-0.39, 0.29) is 61.7 Å². The fourth-order valence-corrected chi connectivity index (χ4v) is 10.5. The number of benzene rings is 4. The van der Waals surface area contributed by atoms with E-state index < -0.39 is 68.4 Å². The number of non-ortho nitro benzene ring substituents is 1. The molecular formula is C58H77N5O15S. The Hall–Kier alpha value is -7.10. The second-order valence-electron chi connectivity index (χ2n) is 20.6. The number of unbranched alkanes of at least 4 members (excludes halogenated alkanes) is 2. The first kappa shape index (κ1) is 62.7. The zero-order chi connectivity index (χ0) is 57.7. The normalized spacial score (nSPS) is 14.9. The number of aliphatic hydroxyl groups is 1.